The van der Waals surface area contributed by atoms with Crippen molar-refractivity contribution in [3.05, 3.63) is 28.6 Å². The molecule has 0 N–H and O–H groups in total. The van der Waals surface area contributed by atoms with Gasteiger partial charge in [-0.05, 0) is 19.9 Å². The van der Waals surface area contributed by atoms with Crippen LogP contribution in [0.4, 0.5) is 0 Å². The first-order valence-electron chi connectivity index (χ1n) is 6.07. The summed E-state index contributed by atoms with van der Waals surface area (Å²) >= 11 is 6.56. The number of aromatic nitrogens is 1. The van der Waals surface area contributed by atoms with E-state index in [1.165, 1.54) is 6.07 Å². The lowest BCUT2D eigenvalue weighted by atomic mass is 10.1. The van der Waals surface area contributed by atoms with E-state index in [-0.39, 0.29) is 24.3 Å². The Morgan fingerprint density at radius 2 is 1.40 bits per heavy atom. The molecule has 0 fully saturated rings. The lowest BCUT2D eigenvalue weighted by Gasteiger charge is -2.12. The first kappa shape index (κ1) is 17.1. The van der Waals surface area contributed by atoms with Gasteiger partial charge >= 0.3 is 11.9 Å². The lowest BCUT2D eigenvalue weighted by Crippen LogP contribution is -2.15. The highest BCUT2D eigenvalue weighted by atomic mass is 79.9. The molecule has 110 valence electrons. The van der Waals surface area contributed by atoms with E-state index in [1.807, 2.05) is 0 Å². The van der Waals surface area contributed by atoms with Gasteiger partial charge in [0.1, 0.15) is 0 Å². The van der Waals surface area contributed by atoms with E-state index in [4.69, 9.17) is 9.47 Å². The van der Waals surface area contributed by atoms with E-state index in [0.29, 0.717) is 22.0 Å². The van der Waals surface area contributed by atoms with Crippen LogP contribution in [0.15, 0.2) is 6.07 Å². The van der Waals surface area contributed by atoms with Gasteiger partial charge < -0.3 is 9.47 Å². The van der Waals surface area contributed by atoms with Gasteiger partial charge in [-0.25, -0.2) is 9.59 Å². The SMILES string of the molecule is CCOC(=O)c1cc(C(=O)OCC)c(CBr)nc1CBr. The Hall–Kier alpha value is -0.950. The number of carbonyl (C=O) groups excluding carboxylic acids is 2. The highest BCUT2D eigenvalue weighted by Gasteiger charge is 2.21. The van der Waals surface area contributed by atoms with Crippen LogP contribution in [-0.2, 0) is 20.1 Å². The molecule has 0 saturated heterocycles. The maximum absolute atomic E-state index is 11.9. The Morgan fingerprint density at radius 1 is 1.00 bits per heavy atom. The smallest absolute Gasteiger partial charge is 0.340 e. The van der Waals surface area contributed by atoms with Crippen molar-refractivity contribution in [1.29, 1.82) is 0 Å². The quantitative estimate of drug-likeness (QED) is 0.534. The van der Waals surface area contributed by atoms with Crippen molar-refractivity contribution in [1.82, 2.24) is 4.98 Å². The summed E-state index contributed by atoms with van der Waals surface area (Å²) in [5, 5.41) is 0.786. The van der Waals surface area contributed by atoms with Gasteiger partial charge in [0.25, 0.3) is 0 Å². The number of nitrogens with zero attached hydrogens (tertiary/aromatic N) is 1. The van der Waals surface area contributed by atoms with E-state index in [0.717, 1.165) is 0 Å². The van der Waals surface area contributed by atoms with Gasteiger partial charge in [-0.2, -0.15) is 0 Å². The standard InChI is InChI=1S/C13H15Br2NO4/c1-3-19-12(17)8-5-9(13(18)20-4-2)11(7-15)16-10(8)6-14/h5H,3-4,6-7H2,1-2H3. The monoisotopic (exact) mass is 407 g/mol. The molecule has 0 aliphatic heterocycles. The van der Waals surface area contributed by atoms with E-state index in [2.05, 4.69) is 36.8 Å². The van der Waals surface area contributed by atoms with Crippen LogP contribution in [0.25, 0.3) is 0 Å². The first-order chi connectivity index (χ1) is 9.58. The second kappa shape index (κ2) is 8.36. The number of halogens is 2. The maximum Gasteiger partial charge on any atom is 0.340 e. The molecule has 1 rings (SSSR count). The molecule has 20 heavy (non-hydrogen) atoms. The summed E-state index contributed by atoms with van der Waals surface area (Å²) in [4.78, 5) is 28.1. The van der Waals surface area contributed by atoms with Gasteiger partial charge in [0.15, 0.2) is 0 Å². The molecule has 5 nitrogen and oxygen atoms in total. The number of ether oxygens (including phenoxy) is 2. The fraction of sp³-hybridized carbons (Fsp3) is 0.462. The zero-order valence-corrected chi connectivity index (χ0v) is 14.4. The van der Waals surface area contributed by atoms with Crippen molar-refractivity contribution in [3.63, 3.8) is 0 Å². The second-order valence-corrected chi connectivity index (χ2v) is 4.81. The fourth-order valence-electron chi connectivity index (χ4n) is 1.57. The van der Waals surface area contributed by atoms with Crippen molar-refractivity contribution >= 4 is 43.8 Å². The molecule has 7 heteroatoms. The number of hydrogen-bond acceptors (Lipinski definition) is 5. The van der Waals surface area contributed by atoms with Gasteiger partial charge in [-0.3, -0.25) is 4.98 Å². The van der Waals surface area contributed by atoms with Crippen LogP contribution in [-0.4, -0.2) is 30.1 Å². The summed E-state index contributed by atoms with van der Waals surface area (Å²) in [6, 6.07) is 1.48. The molecule has 0 bridgehead atoms. The number of rotatable bonds is 6. The number of alkyl halides is 2. The van der Waals surface area contributed by atoms with Gasteiger partial charge in [-0.15, -0.1) is 0 Å². The van der Waals surface area contributed by atoms with Crippen molar-refractivity contribution in [2.45, 2.75) is 24.5 Å². The Kier molecular flexibility index (Phi) is 7.15. The molecule has 0 aromatic carbocycles. The topological polar surface area (TPSA) is 65.5 Å². The molecular formula is C13H15Br2NO4. The predicted molar refractivity (Wildman–Crippen MR) is 81.4 cm³/mol. The maximum atomic E-state index is 11.9. The molecular weight excluding hydrogens is 394 g/mol. The predicted octanol–water partition coefficient (Wildman–Crippen LogP) is 3.22. The van der Waals surface area contributed by atoms with E-state index >= 15 is 0 Å². The largest absolute Gasteiger partial charge is 0.462 e. The molecule has 0 aliphatic rings. The fourth-order valence-corrected chi connectivity index (χ4v) is 2.42. The molecule has 1 aromatic heterocycles. The summed E-state index contributed by atoms with van der Waals surface area (Å²) in [5.41, 5.74) is 1.62. The van der Waals surface area contributed by atoms with Gasteiger partial charge in [-0.1, -0.05) is 31.9 Å². The van der Waals surface area contributed by atoms with Crippen LogP contribution in [0.1, 0.15) is 46.0 Å². The third kappa shape index (κ3) is 4.02. The van der Waals surface area contributed by atoms with Crippen molar-refractivity contribution in [2.24, 2.45) is 0 Å². The van der Waals surface area contributed by atoms with Crippen LogP contribution in [0.5, 0.6) is 0 Å². The molecule has 0 unspecified atom stereocenters. The van der Waals surface area contributed by atoms with E-state index < -0.39 is 11.9 Å². The summed E-state index contributed by atoms with van der Waals surface area (Å²) in [7, 11) is 0. The van der Waals surface area contributed by atoms with Gasteiger partial charge in [0, 0.05) is 10.7 Å². The third-order valence-corrected chi connectivity index (χ3v) is 3.49. The summed E-state index contributed by atoms with van der Waals surface area (Å²) in [6.07, 6.45) is 0. The molecule has 0 radical (unpaired) electrons. The van der Waals surface area contributed by atoms with E-state index in [1.54, 1.807) is 13.8 Å². The Labute approximate surface area is 134 Å². The average Bonchev–Trinajstić information content (AvgIpc) is 2.46. The number of esters is 2. The summed E-state index contributed by atoms with van der Waals surface area (Å²) in [5.74, 6) is -0.998. The lowest BCUT2D eigenvalue weighted by molar-refractivity contribution is 0.0523. The summed E-state index contributed by atoms with van der Waals surface area (Å²) < 4.78 is 9.95. The minimum Gasteiger partial charge on any atom is -0.462 e. The molecule has 1 aromatic rings. The highest BCUT2D eigenvalue weighted by molar-refractivity contribution is 9.08. The summed E-state index contributed by atoms with van der Waals surface area (Å²) in [6.45, 7) is 3.96. The van der Waals surface area contributed by atoms with Crippen LogP contribution in [0.3, 0.4) is 0 Å². The molecule has 0 aliphatic carbocycles. The third-order valence-electron chi connectivity index (χ3n) is 2.42. The van der Waals surface area contributed by atoms with Gasteiger partial charge in [0.2, 0.25) is 0 Å². The Morgan fingerprint density at radius 3 is 1.70 bits per heavy atom. The van der Waals surface area contributed by atoms with Crippen LogP contribution in [0.2, 0.25) is 0 Å². The number of pyridine rings is 1. The zero-order chi connectivity index (χ0) is 15.1. The normalized spacial score (nSPS) is 10.2. The molecule has 0 atom stereocenters. The van der Waals surface area contributed by atoms with Crippen LogP contribution >= 0.6 is 31.9 Å². The molecule has 0 amide bonds. The van der Waals surface area contributed by atoms with Crippen molar-refractivity contribution in [2.75, 3.05) is 13.2 Å². The Bertz CT molecular complexity index is 464. The minimum absolute atomic E-state index is 0.259. The second-order valence-electron chi connectivity index (χ2n) is 3.69. The van der Waals surface area contributed by atoms with Crippen molar-refractivity contribution < 1.29 is 19.1 Å². The Balaban J connectivity index is 3.32. The van der Waals surface area contributed by atoms with Crippen LogP contribution in [0, 0.1) is 0 Å². The van der Waals surface area contributed by atoms with Crippen LogP contribution < -0.4 is 0 Å². The number of hydrogen-bond donors (Lipinski definition) is 0. The minimum atomic E-state index is -0.499. The molecule has 0 spiro atoms. The zero-order valence-electron chi connectivity index (χ0n) is 11.2. The van der Waals surface area contributed by atoms with Crippen molar-refractivity contribution in [3.8, 4) is 0 Å². The highest BCUT2D eigenvalue weighted by Crippen LogP contribution is 2.20. The number of carbonyl (C=O) groups is 2. The van der Waals surface area contributed by atoms with Gasteiger partial charge in [0.05, 0.1) is 35.7 Å². The van der Waals surface area contributed by atoms with E-state index in [9.17, 15) is 9.59 Å². The first-order valence-corrected chi connectivity index (χ1v) is 8.32. The molecule has 1 heterocycles. The molecule has 0 saturated carbocycles. The average molecular weight is 409 g/mol.